The second-order valence-electron chi connectivity index (χ2n) is 3.98. The van der Waals surface area contributed by atoms with Crippen LogP contribution >= 0.6 is 11.3 Å². The summed E-state index contributed by atoms with van der Waals surface area (Å²) in [4.78, 5) is 20.0. The van der Waals surface area contributed by atoms with Crippen LogP contribution in [-0.4, -0.2) is 31.2 Å². The van der Waals surface area contributed by atoms with Crippen molar-refractivity contribution < 1.29 is 9.48 Å². The van der Waals surface area contributed by atoms with Gasteiger partial charge < -0.3 is 0 Å². The van der Waals surface area contributed by atoms with Crippen molar-refractivity contribution in [3.63, 3.8) is 0 Å². The Kier molecular flexibility index (Phi) is 3.83. The summed E-state index contributed by atoms with van der Waals surface area (Å²) in [5, 5.41) is 14.7. The molecule has 0 unspecified atom stereocenters. The van der Waals surface area contributed by atoms with Crippen LogP contribution in [0.3, 0.4) is 0 Å². The van der Waals surface area contributed by atoms with Gasteiger partial charge in [-0.3, -0.25) is 10.1 Å². The molecule has 1 N–H and O–H groups in total. The normalized spacial score (nSPS) is 10.3. The number of hydrogen-bond donors (Lipinski definition) is 1. The summed E-state index contributed by atoms with van der Waals surface area (Å²) >= 11 is 1.26. The van der Waals surface area contributed by atoms with Crippen molar-refractivity contribution in [2.75, 3.05) is 5.32 Å². The molecule has 3 aromatic rings. The average molecular weight is 300 g/mol. The summed E-state index contributed by atoms with van der Waals surface area (Å²) in [5.41, 5.74) is 2.34. The van der Waals surface area contributed by atoms with E-state index in [1.54, 1.807) is 42.4 Å². The number of aromatic nitrogens is 6. The molecule has 0 radical (unpaired) electrons. The first-order valence-corrected chi connectivity index (χ1v) is 6.88. The molecule has 0 bridgehead atoms. The van der Waals surface area contributed by atoms with Crippen LogP contribution < -0.4 is 10.00 Å². The van der Waals surface area contributed by atoms with Gasteiger partial charge in [-0.1, -0.05) is 16.0 Å². The fraction of sp³-hybridized carbons (Fsp3) is 0.0833. The molecule has 8 nitrogen and oxygen atoms in total. The molecule has 0 saturated carbocycles. The van der Waals surface area contributed by atoms with E-state index in [1.165, 1.54) is 16.0 Å². The van der Waals surface area contributed by atoms with Gasteiger partial charge in [-0.05, 0) is 11.2 Å². The molecule has 21 heavy (non-hydrogen) atoms. The highest BCUT2D eigenvalue weighted by atomic mass is 32.1. The van der Waals surface area contributed by atoms with E-state index in [4.69, 9.17) is 0 Å². The molecule has 0 aliphatic carbocycles. The van der Waals surface area contributed by atoms with Crippen molar-refractivity contribution in [2.24, 2.45) is 0 Å². The number of carbonyl (C=O) groups excluding carboxylic acids is 1. The first kappa shape index (κ1) is 13.2. The Morgan fingerprint density at radius 1 is 1.33 bits per heavy atom. The number of nitrogens with one attached hydrogen (secondary N) is 1. The first-order valence-electron chi connectivity index (χ1n) is 6.00. The number of carbonyl (C=O) groups is 1. The van der Waals surface area contributed by atoms with Crippen LogP contribution in [0.5, 0.6) is 0 Å². The van der Waals surface area contributed by atoms with E-state index in [0.29, 0.717) is 11.0 Å². The molecular formula is C12H10N7OS+. The molecular weight excluding hydrogens is 290 g/mol. The average Bonchev–Trinajstić information content (AvgIpc) is 3.02. The number of amides is 1. The van der Waals surface area contributed by atoms with E-state index in [9.17, 15) is 4.79 Å². The standard InChI is InChI=1S/C12H9N7OS/c20-10(17-12-18-15-8-21-12)7-19-5-2-9(6-16-19)11-13-3-1-4-14-11/h1-6,8H,7H2/p+1. The Morgan fingerprint density at radius 3 is 2.86 bits per heavy atom. The summed E-state index contributed by atoms with van der Waals surface area (Å²) < 4.78 is 1.52. The van der Waals surface area contributed by atoms with Crippen LogP contribution in [-0.2, 0) is 11.3 Å². The van der Waals surface area contributed by atoms with E-state index in [2.05, 4.69) is 30.6 Å². The molecule has 3 rings (SSSR count). The van der Waals surface area contributed by atoms with E-state index in [-0.39, 0.29) is 12.5 Å². The van der Waals surface area contributed by atoms with Gasteiger partial charge >= 0.3 is 0 Å². The minimum absolute atomic E-state index is 0.0928. The highest BCUT2D eigenvalue weighted by molar-refractivity contribution is 7.13. The fourth-order valence-corrected chi connectivity index (χ4v) is 2.05. The van der Waals surface area contributed by atoms with Gasteiger partial charge in [0, 0.05) is 24.0 Å². The van der Waals surface area contributed by atoms with Gasteiger partial charge in [0.1, 0.15) is 11.7 Å². The quantitative estimate of drug-likeness (QED) is 0.697. The third-order valence-electron chi connectivity index (χ3n) is 2.51. The second kappa shape index (κ2) is 6.09. The lowest BCUT2D eigenvalue weighted by Crippen LogP contribution is -2.43. The summed E-state index contributed by atoms with van der Waals surface area (Å²) in [6.45, 7) is 0.0928. The number of rotatable bonds is 4. The molecule has 0 aliphatic heterocycles. The Hall–Kier alpha value is -2.81. The highest BCUT2D eigenvalue weighted by Crippen LogP contribution is 2.09. The van der Waals surface area contributed by atoms with Crippen molar-refractivity contribution in [2.45, 2.75) is 6.54 Å². The molecule has 0 aromatic carbocycles. The van der Waals surface area contributed by atoms with Gasteiger partial charge in [0.25, 0.3) is 12.5 Å². The van der Waals surface area contributed by atoms with Crippen LogP contribution in [0.25, 0.3) is 11.4 Å². The molecule has 0 fully saturated rings. The monoisotopic (exact) mass is 300 g/mol. The van der Waals surface area contributed by atoms with Crippen molar-refractivity contribution in [3.8, 4) is 11.4 Å². The van der Waals surface area contributed by atoms with E-state index >= 15 is 0 Å². The van der Waals surface area contributed by atoms with E-state index in [0.717, 1.165) is 5.56 Å². The van der Waals surface area contributed by atoms with Gasteiger partial charge in [0.15, 0.2) is 12.0 Å². The van der Waals surface area contributed by atoms with Gasteiger partial charge in [0.2, 0.25) is 5.13 Å². The zero-order valence-electron chi connectivity index (χ0n) is 10.7. The van der Waals surface area contributed by atoms with Crippen LogP contribution in [0.15, 0.2) is 42.4 Å². The van der Waals surface area contributed by atoms with Crippen LogP contribution in [0, 0.1) is 0 Å². The third-order valence-corrected chi connectivity index (χ3v) is 3.11. The smallest absolute Gasteiger partial charge is 0.294 e. The van der Waals surface area contributed by atoms with Crippen molar-refractivity contribution in [3.05, 3.63) is 42.4 Å². The molecule has 3 heterocycles. The topological polar surface area (TPSA) is 97.4 Å². The molecule has 104 valence electrons. The zero-order chi connectivity index (χ0) is 14.5. The number of nitrogens with zero attached hydrogens (tertiary/aromatic N) is 6. The largest absolute Gasteiger partial charge is 0.295 e. The summed E-state index contributed by atoms with van der Waals surface area (Å²) in [6.07, 6.45) is 6.65. The third kappa shape index (κ3) is 3.39. The number of hydrogen-bond acceptors (Lipinski definition) is 7. The number of anilines is 1. The Labute approximate surface area is 123 Å². The fourth-order valence-electron chi connectivity index (χ4n) is 1.59. The van der Waals surface area contributed by atoms with Gasteiger partial charge in [-0.25, -0.2) is 9.97 Å². The Morgan fingerprint density at radius 2 is 2.19 bits per heavy atom. The van der Waals surface area contributed by atoms with Crippen LogP contribution in [0.4, 0.5) is 5.13 Å². The second-order valence-corrected chi connectivity index (χ2v) is 4.81. The van der Waals surface area contributed by atoms with Crippen molar-refractivity contribution >= 4 is 22.4 Å². The lowest BCUT2D eigenvalue weighted by Gasteiger charge is -1.98. The van der Waals surface area contributed by atoms with Gasteiger partial charge in [-0.15, -0.1) is 10.2 Å². The van der Waals surface area contributed by atoms with Gasteiger partial charge in [-0.2, -0.15) is 0 Å². The summed E-state index contributed by atoms with van der Waals surface area (Å²) in [6, 6.07) is 3.55. The maximum absolute atomic E-state index is 11.8. The molecule has 3 aromatic heterocycles. The molecule has 0 saturated heterocycles. The van der Waals surface area contributed by atoms with Crippen molar-refractivity contribution in [1.82, 2.24) is 25.3 Å². The lowest BCUT2D eigenvalue weighted by molar-refractivity contribution is -0.742. The molecule has 0 spiro atoms. The summed E-state index contributed by atoms with van der Waals surface area (Å²) in [7, 11) is 0. The first-order chi connectivity index (χ1) is 10.3. The minimum atomic E-state index is -0.215. The molecule has 0 atom stereocenters. The molecule has 9 heteroatoms. The Balaban J connectivity index is 1.66. The van der Waals surface area contributed by atoms with Crippen molar-refractivity contribution in [1.29, 1.82) is 0 Å². The Bertz CT molecular complexity index is 715. The van der Waals surface area contributed by atoms with Gasteiger partial charge in [0.05, 0.1) is 0 Å². The predicted octanol–water partition coefficient (Wildman–Crippen LogP) is 0.316. The molecule has 1 amide bonds. The van der Waals surface area contributed by atoms with E-state index in [1.807, 2.05) is 0 Å². The summed E-state index contributed by atoms with van der Waals surface area (Å²) in [5.74, 6) is 0.378. The maximum atomic E-state index is 11.8. The SMILES string of the molecule is O=C(C[n+]1ccc(-c2ncccn2)cn1)Nc1nncs1. The predicted molar refractivity (Wildman–Crippen MR) is 74.0 cm³/mol. The highest BCUT2D eigenvalue weighted by Gasteiger charge is 2.13. The minimum Gasteiger partial charge on any atom is -0.295 e. The van der Waals surface area contributed by atoms with E-state index < -0.39 is 0 Å². The van der Waals surface area contributed by atoms with Crippen LogP contribution in [0.2, 0.25) is 0 Å². The molecule has 0 aliphatic rings. The lowest BCUT2D eigenvalue weighted by atomic mass is 10.3. The van der Waals surface area contributed by atoms with Crippen LogP contribution in [0.1, 0.15) is 0 Å². The zero-order valence-corrected chi connectivity index (χ0v) is 11.6. The maximum Gasteiger partial charge on any atom is 0.294 e.